The Hall–Kier alpha value is 2.07. The van der Waals surface area contributed by atoms with E-state index in [2.05, 4.69) is 95.3 Å². The molecule has 1 aromatic rings. The molecule has 10 heavy (non-hydrogen) atoms. The van der Waals surface area contributed by atoms with Crippen molar-refractivity contribution in [2.75, 3.05) is 0 Å². The second-order valence-corrected chi connectivity index (χ2v) is 5.87. The fourth-order valence-electron chi connectivity index (χ4n) is 0.422. The van der Waals surface area contributed by atoms with E-state index in [0.29, 0.717) is 0 Å². The lowest BCUT2D eigenvalue weighted by Gasteiger charge is -1.99. The van der Waals surface area contributed by atoms with Gasteiger partial charge in [0, 0.05) is 13.3 Å². The topological polar surface area (TPSA) is 12.9 Å². The highest BCUT2D eigenvalue weighted by Gasteiger charge is 2.04. The van der Waals surface area contributed by atoms with Gasteiger partial charge in [-0.2, -0.15) is 0 Å². The highest BCUT2D eigenvalue weighted by atomic mass is 127. The third kappa shape index (κ3) is 2.28. The standard InChI is InChI=1S/C5HI4N/c6-2-1-10-5(9)4(8)3(2)7/h1H. The Kier molecular flexibility index (Phi) is 4.41. The molecule has 0 spiro atoms. The van der Waals surface area contributed by atoms with Crippen LogP contribution in [0, 0.1) is 14.4 Å². The molecule has 0 radical (unpaired) electrons. The summed E-state index contributed by atoms with van der Waals surface area (Å²) in [4.78, 5) is 4.21. The molecule has 0 aliphatic rings. The third-order valence-corrected chi connectivity index (χ3v) is 7.78. The number of rotatable bonds is 0. The average Bonchev–Trinajstić information content (AvgIpc) is 1.93. The van der Waals surface area contributed by atoms with Crippen LogP contribution in [0.5, 0.6) is 0 Å². The molecule has 0 amide bonds. The van der Waals surface area contributed by atoms with Crippen molar-refractivity contribution in [2.24, 2.45) is 0 Å². The first-order valence-electron chi connectivity index (χ1n) is 2.28. The Labute approximate surface area is 114 Å². The predicted octanol–water partition coefficient (Wildman–Crippen LogP) is 3.50. The highest BCUT2D eigenvalue weighted by Crippen LogP contribution is 2.23. The average molecular weight is 583 g/mol. The van der Waals surface area contributed by atoms with Crippen molar-refractivity contribution >= 4 is 90.4 Å². The minimum atomic E-state index is 1.09. The summed E-state index contributed by atoms with van der Waals surface area (Å²) in [6.45, 7) is 0. The smallest absolute Gasteiger partial charge is 0.115 e. The Bertz CT molecular complexity index is 233. The van der Waals surface area contributed by atoms with Crippen LogP contribution in [0.2, 0.25) is 0 Å². The number of aromatic nitrogens is 1. The van der Waals surface area contributed by atoms with Crippen molar-refractivity contribution in [2.45, 2.75) is 0 Å². The van der Waals surface area contributed by atoms with E-state index in [4.69, 9.17) is 0 Å². The molecule has 0 aliphatic carbocycles. The van der Waals surface area contributed by atoms with Crippen LogP contribution in [-0.4, -0.2) is 4.98 Å². The van der Waals surface area contributed by atoms with Crippen LogP contribution in [-0.2, 0) is 0 Å². The second-order valence-electron chi connectivity index (χ2n) is 1.52. The van der Waals surface area contributed by atoms with Gasteiger partial charge in [-0.15, -0.1) is 0 Å². The van der Waals surface area contributed by atoms with Gasteiger partial charge in [0.25, 0.3) is 0 Å². The lowest BCUT2D eigenvalue weighted by atomic mass is 10.5. The molecular weight excluding hydrogens is 582 g/mol. The summed E-state index contributed by atoms with van der Waals surface area (Å²) < 4.78 is 4.87. The molecule has 0 atom stereocenters. The van der Waals surface area contributed by atoms with E-state index in [1.807, 2.05) is 6.20 Å². The fourth-order valence-corrected chi connectivity index (χ4v) is 3.10. The molecular formula is C5HI4N. The maximum absolute atomic E-state index is 4.21. The molecule has 5 heteroatoms. The van der Waals surface area contributed by atoms with Crippen molar-refractivity contribution < 1.29 is 0 Å². The summed E-state index contributed by atoms with van der Waals surface area (Å²) in [5, 5.41) is 0. The van der Waals surface area contributed by atoms with Crippen LogP contribution >= 0.6 is 90.4 Å². The van der Waals surface area contributed by atoms with Gasteiger partial charge in [0.05, 0.1) is 3.57 Å². The predicted molar refractivity (Wildman–Crippen MR) is 75.1 cm³/mol. The molecule has 0 saturated heterocycles. The van der Waals surface area contributed by atoms with Crippen molar-refractivity contribution in [1.82, 2.24) is 4.98 Å². The maximum atomic E-state index is 4.21. The number of hydrogen-bond acceptors (Lipinski definition) is 1. The molecule has 0 bridgehead atoms. The van der Waals surface area contributed by atoms with Gasteiger partial charge < -0.3 is 0 Å². The van der Waals surface area contributed by atoms with Gasteiger partial charge in [0.15, 0.2) is 0 Å². The first kappa shape index (κ1) is 10.2. The first-order chi connectivity index (χ1) is 4.63. The molecule has 0 aromatic carbocycles. The van der Waals surface area contributed by atoms with Crippen LogP contribution in [0.15, 0.2) is 6.20 Å². The minimum absolute atomic E-state index is 1.09. The van der Waals surface area contributed by atoms with E-state index >= 15 is 0 Å². The molecule has 0 aliphatic heterocycles. The molecule has 0 unspecified atom stereocenters. The zero-order valence-corrected chi connectivity index (χ0v) is 13.2. The maximum Gasteiger partial charge on any atom is 0.115 e. The molecule has 1 heterocycles. The summed E-state index contributed by atoms with van der Waals surface area (Å²) >= 11 is 9.18. The Morgan fingerprint density at radius 1 is 1.00 bits per heavy atom. The van der Waals surface area contributed by atoms with Gasteiger partial charge in [0.1, 0.15) is 3.70 Å². The quantitative estimate of drug-likeness (QED) is 0.337. The number of pyridine rings is 1. The molecule has 54 valence electrons. The second kappa shape index (κ2) is 4.35. The van der Waals surface area contributed by atoms with E-state index in [9.17, 15) is 0 Å². The first-order valence-corrected chi connectivity index (χ1v) is 6.59. The summed E-state index contributed by atoms with van der Waals surface area (Å²) in [6, 6.07) is 0. The SMILES string of the molecule is Ic1cnc(I)c(I)c1I. The molecule has 1 aromatic heterocycles. The van der Waals surface area contributed by atoms with Crippen LogP contribution < -0.4 is 0 Å². The minimum Gasteiger partial charge on any atom is -0.248 e. The molecule has 1 rings (SSSR count). The number of nitrogens with zero attached hydrogens (tertiary/aromatic N) is 1. The van der Waals surface area contributed by atoms with E-state index < -0.39 is 0 Å². The molecule has 1 nitrogen and oxygen atoms in total. The Morgan fingerprint density at radius 2 is 1.60 bits per heavy atom. The van der Waals surface area contributed by atoms with Gasteiger partial charge in [-0.25, -0.2) is 4.98 Å². The largest absolute Gasteiger partial charge is 0.248 e. The lowest BCUT2D eigenvalue weighted by Crippen LogP contribution is -1.92. The lowest BCUT2D eigenvalue weighted by molar-refractivity contribution is 1.21. The zero-order chi connectivity index (χ0) is 7.72. The summed E-state index contributed by atoms with van der Waals surface area (Å²) in [7, 11) is 0. The monoisotopic (exact) mass is 583 g/mol. The van der Waals surface area contributed by atoms with E-state index in [0.717, 1.165) is 3.70 Å². The van der Waals surface area contributed by atoms with Crippen LogP contribution in [0.25, 0.3) is 0 Å². The number of hydrogen-bond donors (Lipinski definition) is 0. The molecule has 0 N–H and O–H groups in total. The third-order valence-electron chi connectivity index (χ3n) is 0.875. The van der Waals surface area contributed by atoms with Gasteiger partial charge in [0.2, 0.25) is 0 Å². The van der Waals surface area contributed by atoms with Gasteiger partial charge in [-0.1, -0.05) is 0 Å². The van der Waals surface area contributed by atoms with Gasteiger partial charge in [-0.3, -0.25) is 0 Å². The van der Waals surface area contributed by atoms with Crippen LogP contribution in [0.3, 0.4) is 0 Å². The fraction of sp³-hybridized carbons (Fsp3) is 0. The zero-order valence-electron chi connectivity index (χ0n) is 4.54. The molecule has 0 fully saturated rings. The Balaban J connectivity index is 3.34. The normalized spacial score (nSPS) is 10.0. The Morgan fingerprint density at radius 3 is 2.10 bits per heavy atom. The summed E-state index contributed by atoms with van der Waals surface area (Å²) in [5.41, 5.74) is 0. The summed E-state index contributed by atoms with van der Waals surface area (Å²) in [6.07, 6.45) is 1.90. The van der Waals surface area contributed by atoms with Crippen molar-refractivity contribution in [3.63, 3.8) is 0 Å². The van der Waals surface area contributed by atoms with Crippen LogP contribution in [0.1, 0.15) is 0 Å². The van der Waals surface area contributed by atoms with Crippen molar-refractivity contribution in [3.05, 3.63) is 20.6 Å². The van der Waals surface area contributed by atoms with Crippen LogP contribution in [0.4, 0.5) is 0 Å². The van der Waals surface area contributed by atoms with E-state index in [-0.39, 0.29) is 0 Å². The number of halogens is 4. The van der Waals surface area contributed by atoms with Gasteiger partial charge >= 0.3 is 0 Å². The summed E-state index contributed by atoms with van der Waals surface area (Å²) in [5.74, 6) is 0. The van der Waals surface area contributed by atoms with Crippen molar-refractivity contribution in [1.29, 1.82) is 0 Å². The van der Waals surface area contributed by atoms with E-state index in [1.165, 1.54) is 10.7 Å². The van der Waals surface area contributed by atoms with Gasteiger partial charge in [-0.05, 0) is 90.4 Å². The highest BCUT2D eigenvalue weighted by molar-refractivity contribution is 14.1. The van der Waals surface area contributed by atoms with E-state index in [1.54, 1.807) is 0 Å². The van der Waals surface area contributed by atoms with Crippen molar-refractivity contribution in [3.8, 4) is 0 Å². The molecule has 0 saturated carbocycles.